The number of nitrogens with two attached hydrogens (primary N) is 1. The van der Waals surface area contributed by atoms with Crippen LogP contribution in [-0.4, -0.2) is 25.0 Å². The van der Waals surface area contributed by atoms with Crippen molar-refractivity contribution in [2.75, 3.05) is 18.5 Å². The number of amides is 2. The Labute approximate surface area is 146 Å². The van der Waals surface area contributed by atoms with E-state index in [4.69, 9.17) is 15.2 Å². The molecule has 3 N–H and O–H groups in total. The molecule has 0 heterocycles. The number of aryl methyl sites for hydroxylation is 2. The van der Waals surface area contributed by atoms with E-state index in [2.05, 4.69) is 11.4 Å². The summed E-state index contributed by atoms with van der Waals surface area (Å²) in [6.45, 7) is 4.13. The monoisotopic (exact) mass is 342 g/mol. The van der Waals surface area contributed by atoms with Gasteiger partial charge in [-0.25, -0.2) is 0 Å². The topological polar surface area (TPSA) is 90.7 Å². The molecule has 25 heavy (non-hydrogen) atoms. The Morgan fingerprint density at radius 2 is 1.60 bits per heavy atom. The van der Waals surface area contributed by atoms with Gasteiger partial charge in [0.05, 0.1) is 13.0 Å². The van der Waals surface area contributed by atoms with Gasteiger partial charge in [0, 0.05) is 5.69 Å². The average molecular weight is 342 g/mol. The van der Waals surface area contributed by atoms with Gasteiger partial charge < -0.3 is 20.5 Å². The normalized spacial score (nSPS) is 10.2. The minimum Gasteiger partial charge on any atom is -0.493 e. The van der Waals surface area contributed by atoms with Crippen molar-refractivity contribution in [2.45, 2.75) is 20.3 Å². The molecule has 0 unspecified atom stereocenters. The molecule has 132 valence electrons. The van der Waals surface area contributed by atoms with Gasteiger partial charge in [0.2, 0.25) is 5.91 Å². The number of carbonyl (C=O) groups is 2. The van der Waals surface area contributed by atoms with Crippen LogP contribution in [0.1, 0.15) is 17.5 Å². The van der Waals surface area contributed by atoms with Crippen LogP contribution in [-0.2, 0) is 9.59 Å². The van der Waals surface area contributed by atoms with Gasteiger partial charge in [0.25, 0.3) is 5.91 Å². The van der Waals surface area contributed by atoms with Gasteiger partial charge in [-0.05, 0) is 61.4 Å². The summed E-state index contributed by atoms with van der Waals surface area (Å²) in [7, 11) is 0. The van der Waals surface area contributed by atoms with Crippen molar-refractivity contribution in [3.8, 4) is 11.5 Å². The first-order chi connectivity index (χ1) is 11.9. The number of primary amides is 1. The molecule has 0 atom stereocenters. The fraction of sp³-hybridized carbons (Fsp3) is 0.263. The molecule has 0 aliphatic heterocycles. The molecule has 0 aliphatic carbocycles. The van der Waals surface area contributed by atoms with E-state index in [0.29, 0.717) is 18.0 Å². The Morgan fingerprint density at radius 1 is 0.960 bits per heavy atom. The lowest BCUT2D eigenvalue weighted by Crippen LogP contribution is -2.20. The first-order valence-corrected chi connectivity index (χ1v) is 7.94. The van der Waals surface area contributed by atoms with Crippen LogP contribution in [0.25, 0.3) is 0 Å². The van der Waals surface area contributed by atoms with Crippen LogP contribution in [0, 0.1) is 13.8 Å². The summed E-state index contributed by atoms with van der Waals surface area (Å²) in [4.78, 5) is 22.6. The Morgan fingerprint density at radius 3 is 2.20 bits per heavy atom. The second-order valence-electron chi connectivity index (χ2n) is 5.75. The molecule has 6 heteroatoms. The first kappa shape index (κ1) is 18.3. The van der Waals surface area contributed by atoms with E-state index < -0.39 is 5.91 Å². The number of rotatable bonds is 8. The molecule has 2 amide bonds. The maximum atomic E-state index is 12.0. The lowest BCUT2D eigenvalue weighted by atomic mass is 10.1. The molecule has 0 bridgehead atoms. The second-order valence-corrected chi connectivity index (χ2v) is 5.75. The summed E-state index contributed by atoms with van der Waals surface area (Å²) in [5, 5.41) is 2.78. The molecule has 0 radical (unpaired) electrons. The number of hydrogen-bond donors (Lipinski definition) is 2. The quantitative estimate of drug-likeness (QED) is 0.771. The van der Waals surface area contributed by atoms with E-state index in [-0.39, 0.29) is 18.9 Å². The fourth-order valence-corrected chi connectivity index (χ4v) is 2.29. The molecule has 2 aromatic rings. The van der Waals surface area contributed by atoms with E-state index in [9.17, 15) is 9.59 Å². The number of nitrogens with one attached hydrogen (secondary N) is 1. The third-order valence-corrected chi connectivity index (χ3v) is 3.31. The van der Waals surface area contributed by atoms with E-state index in [0.717, 1.165) is 16.9 Å². The van der Waals surface area contributed by atoms with Gasteiger partial charge in [0.15, 0.2) is 6.61 Å². The van der Waals surface area contributed by atoms with Crippen LogP contribution in [0.4, 0.5) is 5.69 Å². The lowest BCUT2D eigenvalue weighted by Gasteiger charge is -2.09. The smallest absolute Gasteiger partial charge is 0.255 e. The molecule has 0 aromatic heterocycles. The van der Waals surface area contributed by atoms with E-state index in [1.54, 1.807) is 24.3 Å². The molecule has 2 aromatic carbocycles. The molecule has 0 aliphatic rings. The minimum atomic E-state index is -0.541. The summed E-state index contributed by atoms with van der Waals surface area (Å²) in [5.74, 6) is 0.590. The number of carbonyl (C=O) groups excluding carboxylic acids is 2. The van der Waals surface area contributed by atoms with Crippen molar-refractivity contribution in [1.82, 2.24) is 0 Å². The second kappa shape index (κ2) is 8.73. The van der Waals surface area contributed by atoms with Crippen molar-refractivity contribution in [2.24, 2.45) is 5.73 Å². The highest BCUT2D eigenvalue weighted by Crippen LogP contribution is 2.17. The Hall–Kier alpha value is -3.02. The number of benzene rings is 2. The lowest BCUT2D eigenvalue weighted by molar-refractivity contribution is -0.120. The van der Waals surface area contributed by atoms with Crippen LogP contribution in [0.2, 0.25) is 0 Å². The Kier molecular flexibility index (Phi) is 6.39. The standard InChI is InChI=1S/C19H22N2O4/c1-13-9-14(2)11-17(10-13)24-8-7-19(23)21-15-3-5-16(6-4-15)25-12-18(20)22/h3-6,9-11H,7-8,12H2,1-2H3,(H2,20,22)(H,21,23). The average Bonchev–Trinajstić information content (AvgIpc) is 2.53. The van der Waals surface area contributed by atoms with Gasteiger partial charge in [-0.3, -0.25) is 9.59 Å². The van der Waals surface area contributed by atoms with Crippen LogP contribution < -0.4 is 20.5 Å². The van der Waals surface area contributed by atoms with Crippen LogP contribution in [0.5, 0.6) is 11.5 Å². The Bertz CT molecular complexity index is 721. The number of ether oxygens (including phenoxy) is 2. The SMILES string of the molecule is Cc1cc(C)cc(OCCC(=O)Nc2ccc(OCC(N)=O)cc2)c1. The zero-order valence-corrected chi connectivity index (χ0v) is 14.4. The van der Waals surface area contributed by atoms with Crippen molar-refractivity contribution in [1.29, 1.82) is 0 Å². The third-order valence-electron chi connectivity index (χ3n) is 3.31. The predicted octanol–water partition coefficient (Wildman–Crippen LogP) is 2.58. The maximum Gasteiger partial charge on any atom is 0.255 e. The van der Waals surface area contributed by atoms with Gasteiger partial charge in [0.1, 0.15) is 11.5 Å². The summed E-state index contributed by atoms with van der Waals surface area (Å²) < 4.78 is 10.8. The zero-order valence-electron chi connectivity index (χ0n) is 14.4. The van der Waals surface area contributed by atoms with Crippen molar-refractivity contribution in [3.63, 3.8) is 0 Å². The van der Waals surface area contributed by atoms with E-state index >= 15 is 0 Å². The fourth-order valence-electron chi connectivity index (χ4n) is 2.29. The minimum absolute atomic E-state index is 0.143. The van der Waals surface area contributed by atoms with Crippen molar-refractivity contribution in [3.05, 3.63) is 53.6 Å². The van der Waals surface area contributed by atoms with Crippen LogP contribution in [0.3, 0.4) is 0 Å². The summed E-state index contributed by atoms with van der Waals surface area (Å²) >= 11 is 0. The highest BCUT2D eigenvalue weighted by Gasteiger charge is 2.05. The molecule has 0 saturated heterocycles. The highest BCUT2D eigenvalue weighted by molar-refractivity contribution is 5.90. The molecular formula is C19H22N2O4. The molecular weight excluding hydrogens is 320 g/mol. The highest BCUT2D eigenvalue weighted by atomic mass is 16.5. The first-order valence-electron chi connectivity index (χ1n) is 7.94. The number of anilines is 1. The van der Waals surface area contributed by atoms with E-state index in [1.807, 2.05) is 26.0 Å². The van der Waals surface area contributed by atoms with Crippen molar-refractivity contribution >= 4 is 17.5 Å². The maximum absolute atomic E-state index is 12.0. The number of hydrogen-bond acceptors (Lipinski definition) is 4. The largest absolute Gasteiger partial charge is 0.493 e. The predicted molar refractivity (Wildman–Crippen MR) is 95.8 cm³/mol. The summed E-state index contributed by atoms with van der Waals surface area (Å²) in [5.41, 5.74) is 7.90. The molecule has 0 saturated carbocycles. The molecule has 0 fully saturated rings. The third kappa shape index (κ3) is 6.55. The molecule has 6 nitrogen and oxygen atoms in total. The molecule has 0 spiro atoms. The summed E-state index contributed by atoms with van der Waals surface area (Å²) in [6.07, 6.45) is 0.243. The van der Waals surface area contributed by atoms with Crippen LogP contribution >= 0.6 is 0 Å². The van der Waals surface area contributed by atoms with Gasteiger partial charge >= 0.3 is 0 Å². The zero-order chi connectivity index (χ0) is 18.2. The van der Waals surface area contributed by atoms with Crippen molar-refractivity contribution < 1.29 is 19.1 Å². The summed E-state index contributed by atoms with van der Waals surface area (Å²) in [6, 6.07) is 12.6. The van der Waals surface area contributed by atoms with Gasteiger partial charge in [-0.1, -0.05) is 6.07 Å². The Balaban J connectivity index is 1.77. The molecule has 2 rings (SSSR count). The van der Waals surface area contributed by atoms with Crippen LogP contribution in [0.15, 0.2) is 42.5 Å². The van der Waals surface area contributed by atoms with E-state index in [1.165, 1.54) is 0 Å². The van der Waals surface area contributed by atoms with Gasteiger partial charge in [-0.15, -0.1) is 0 Å². The van der Waals surface area contributed by atoms with Gasteiger partial charge in [-0.2, -0.15) is 0 Å².